The monoisotopic (exact) mass is 342 g/mol. The minimum Gasteiger partial charge on any atom is -0.329 e. The van der Waals surface area contributed by atoms with Gasteiger partial charge in [0.05, 0.1) is 6.17 Å². The first-order chi connectivity index (χ1) is 12.1. The third-order valence-corrected chi connectivity index (χ3v) is 4.23. The van der Waals surface area contributed by atoms with Crippen molar-refractivity contribution in [1.29, 1.82) is 0 Å². The molecule has 3 unspecified atom stereocenters. The van der Waals surface area contributed by atoms with E-state index in [1.54, 1.807) is 0 Å². The van der Waals surface area contributed by atoms with E-state index >= 15 is 0 Å². The Morgan fingerprint density at radius 2 is 2.00 bits per heavy atom. The number of amides is 2. The van der Waals surface area contributed by atoms with Crippen LogP contribution in [-0.4, -0.2) is 37.6 Å². The first-order valence-electron chi connectivity index (χ1n) is 8.66. The third-order valence-electron chi connectivity index (χ3n) is 4.23. The van der Waals surface area contributed by atoms with E-state index in [9.17, 15) is 4.79 Å². The van der Waals surface area contributed by atoms with Crippen LogP contribution in [-0.2, 0) is 0 Å². The summed E-state index contributed by atoms with van der Waals surface area (Å²) in [4.78, 5) is 12.3. The molecule has 25 heavy (non-hydrogen) atoms. The van der Waals surface area contributed by atoms with Crippen LogP contribution < -0.4 is 32.3 Å². The van der Waals surface area contributed by atoms with Crippen LogP contribution >= 0.6 is 0 Å². The molecule has 1 aliphatic rings. The first kappa shape index (κ1) is 17.6. The molecular formula is C18H26N6O. The average Bonchev–Trinajstić information content (AvgIpc) is 2.59. The smallest absolute Gasteiger partial charge is 0.321 e. The molecule has 2 aromatic rings. The number of benzene rings is 2. The molecule has 3 rings (SSSR count). The zero-order valence-electron chi connectivity index (χ0n) is 14.4. The van der Waals surface area contributed by atoms with Crippen molar-refractivity contribution in [3.63, 3.8) is 0 Å². The molecule has 2 aromatic carbocycles. The van der Waals surface area contributed by atoms with Crippen molar-refractivity contribution < 1.29 is 4.79 Å². The number of fused-ring (bicyclic) bond motifs is 1. The van der Waals surface area contributed by atoms with Crippen LogP contribution in [0.25, 0.3) is 10.8 Å². The van der Waals surface area contributed by atoms with Crippen LogP contribution in [0.3, 0.4) is 0 Å². The molecule has 134 valence electrons. The molecule has 7 N–H and O–H groups in total. The summed E-state index contributed by atoms with van der Waals surface area (Å²) in [5.41, 5.74) is 6.30. The summed E-state index contributed by atoms with van der Waals surface area (Å²) in [7, 11) is 0. The molecule has 0 saturated carbocycles. The lowest BCUT2D eigenvalue weighted by Crippen LogP contribution is -2.68. The summed E-state index contributed by atoms with van der Waals surface area (Å²) in [5, 5.41) is 18.0. The van der Waals surface area contributed by atoms with Crippen molar-refractivity contribution in [1.82, 2.24) is 21.3 Å². The van der Waals surface area contributed by atoms with Gasteiger partial charge in [-0.15, -0.1) is 0 Å². The molecule has 0 radical (unpaired) electrons. The van der Waals surface area contributed by atoms with Crippen molar-refractivity contribution in [2.24, 2.45) is 5.73 Å². The van der Waals surface area contributed by atoms with Crippen LogP contribution in [0.1, 0.15) is 13.3 Å². The Kier molecular flexibility index (Phi) is 5.83. The van der Waals surface area contributed by atoms with E-state index in [4.69, 9.17) is 5.73 Å². The van der Waals surface area contributed by atoms with Crippen LogP contribution in [0.2, 0.25) is 0 Å². The molecule has 2 amide bonds. The molecule has 0 aliphatic carbocycles. The summed E-state index contributed by atoms with van der Waals surface area (Å²) < 4.78 is 0. The van der Waals surface area contributed by atoms with E-state index in [2.05, 4.69) is 33.5 Å². The Balaban J connectivity index is 1.57. The quantitative estimate of drug-likeness (QED) is 0.488. The Bertz CT molecular complexity index is 722. The van der Waals surface area contributed by atoms with Crippen molar-refractivity contribution in [3.8, 4) is 0 Å². The van der Waals surface area contributed by atoms with Crippen LogP contribution in [0, 0.1) is 0 Å². The summed E-state index contributed by atoms with van der Waals surface area (Å²) in [6.07, 6.45) is 0.732. The van der Waals surface area contributed by atoms with Gasteiger partial charge in [0.2, 0.25) is 0 Å². The largest absolute Gasteiger partial charge is 0.329 e. The summed E-state index contributed by atoms with van der Waals surface area (Å²) in [6.45, 7) is 3.41. The molecule has 7 nitrogen and oxygen atoms in total. The van der Waals surface area contributed by atoms with Crippen LogP contribution in [0.4, 0.5) is 10.5 Å². The Hall–Kier alpha value is -2.19. The van der Waals surface area contributed by atoms with E-state index in [1.165, 1.54) is 0 Å². The number of carbonyl (C=O) groups is 1. The summed E-state index contributed by atoms with van der Waals surface area (Å²) in [6, 6.07) is 13.9. The van der Waals surface area contributed by atoms with Gasteiger partial charge in [0.25, 0.3) is 0 Å². The maximum absolute atomic E-state index is 12.3. The fourth-order valence-electron chi connectivity index (χ4n) is 3.07. The standard InChI is InChI=1S/C18H26N6O/c1-12-10-16(20-9-8-19)23-17(21-12)24-18(25)22-15-7-6-13-4-2-3-5-14(13)11-15/h2-7,11-12,16-17,20-21,23H,8-10,19H2,1H3,(H2,22,24,25). The number of anilines is 1. The molecule has 1 heterocycles. The molecular weight excluding hydrogens is 316 g/mol. The SMILES string of the molecule is CC1CC(NCCN)NC(NC(=O)Nc2ccc3ccccc3c2)N1. The second-order valence-corrected chi connectivity index (χ2v) is 6.36. The number of rotatable bonds is 5. The van der Waals surface area contributed by atoms with Crippen LogP contribution in [0.15, 0.2) is 42.5 Å². The van der Waals surface area contributed by atoms with E-state index in [-0.39, 0.29) is 24.5 Å². The highest BCUT2D eigenvalue weighted by molar-refractivity contribution is 5.93. The number of hydrogen-bond donors (Lipinski definition) is 6. The number of carbonyl (C=O) groups excluding carboxylic acids is 1. The van der Waals surface area contributed by atoms with E-state index in [0.717, 1.165) is 29.4 Å². The van der Waals surface area contributed by atoms with Gasteiger partial charge >= 0.3 is 6.03 Å². The highest BCUT2D eigenvalue weighted by Gasteiger charge is 2.25. The van der Waals surface area contributed by atoms with Gasteiger partial charge in [0.15, 0.2) is 0 Å². The van der Waals surface area contributed by atoms with Crippen LogP contribution in [0.5, 0.6) is 0 Å². The molecule has 0 bridgehead atoms. The normalized spacial score (nSPS) is 23.4. The van der Waals surface area contributed by atoms with Gasteiger partial charge in [-0.3, -0.25) is 10.6 Å². The van der Waals surface area contributed by atoms with Crippen molar-refractivity contribution >= 4 is 22.5 Å². The molecule has 3 atom stereocenters. The topological polar surface area (TPSA) is 103 Å². The summed E-state index contributed by atoms with van der Waals surface area (Å²) >= 11 is 0. The number of nitrogens with two attached hydrogens (primary N) is 1. The Morgan fingerprint density at radius 3 is 2.80 bits per heavy atom. The van der Waals surface area contributed by atoms with E-state index in [1.807, 2.05) is 42.5 Å². The van der Waals surface area contributed by atoms with Gasteiger partial charge in [0.1, 0.15) is 6.29 Å². The highest BCUT2D eigenvalue weighted by atomic mass is 16.2. The fourth-order valence-corrected chi connectivity index (χ4v) is 3.07. The number of urea groups is 1. The molecule has 1 saturated heterocycles. The van der Waals surface area contributed by atoms with E-state index in [0.29, 0.717) is 6.54 Å². The zero-order valence-corrected chi connectivity index (χ0v) is 14.4. The van der Waals surface area contributed by atoms with Gasteiger partial charge in [-0.05, 0) is 36.2 Å². The number of hydrogen-bond acceptors (Lipinski definition) is 5. The lowest BCUT2D eigenvalue weighted by molar-refractivity contribution is 0.194. The van der Waals surface area contributed by atoms with E-state index < -0.39 is 0 Å². The molecule has 0 aromatic heterocycles. The molecule has 7 heteroatoms. The Labute approximate surface area is 147 Å². The number of nitrogens with one attached hydrogen (secondary N) is 5. The predicted octanol–water partition coefficient (Wildman–Crippen LogP) is 1.09. The fraction of sp³-hybridized carbons (Fsp3) is 0.389. The maximum atomic E-state index is 12.3. The molecule has 0 spiro atoms. The third kappa shape index (κ3) is 4.90. The molecule has 1 aliphatic heterocycles. The zero-order chi connectivity index (χ0) is 17.6. The first-order valence-corrected chi connectivity index (χ1v) is 8.66. The predicted molar refractivity (Wildman–Crippen MR) is 101 cm³/mol. The Morgan fingerprint density at radius 1 is 1.20 bits per heavy atom. The minimum absolute atomic E-state index is 0.116. The average molecular weight is 342 g/mol. The van der Waals surface area contributed by atoms with Gasteiger partial charge in [-0.2, -0.15) is 0 Å². The van der Waals surface area contributed by atoms with Gasteiger partial charge in [-0.1, -0.05) is 30.3 Å². The van der Waals surface area contributed by atoms with Crippen molar-refractivity contribution in [3.05, 3.63) is 42.5 Å². The highest BCUT2D eigenvalue weighted by Crippen LogP contribution is 2.18. The summed E-state index contributed by atoms with van der Waals surface area (Å²) in [5.74, 6) is 0. The van der Waals surface area contributed by atoms with Gasteiger partial charge in [-0.25, -0.2) is 4.79 Å². The van der Waals surface area contributed by atoms with Gasteiger partial charge in [0, 0.05) is 24.8 Å². The van der Waals surface area contributed by atoms with Crippen molar-refractivity contribution in [2.75, 3.05) is 18.4 Å². The van der Waals surface area contributed by atoms with Gasteiger partial charge < -0.3 is 21.7 Å². The van der Waals surface area contributed by atoms with Crippen molar-refractivity contribution in [2.45, 2.75) is 31.8 Å². The second-order valence-electron chi connectivity index (χ2n) is 6.36. The minimum atomic E-state index is -0.306. The lowest BCUT2D eigenvalue weighted by atomic mass is 10.1. The lowest BCUT2D eigenvalue weighted by Gasteiger charge is -2.36. The second kappa shape index (κ2) is 8.26. The molecule has 1 fully saturated rings. The maximum Gasteiger partial charge on any atom is 0.321 e.